The Labute approximate surface area is 98.5 Å². The molecule has 0 aromatic carbocycles. The van der Waals surface area contributed by atoms with Gasteiger partial charge in [-0.1, -0.05) is 0 Å². The summed E-state index contributed by atoms with van der Waals surface area (Å²) in [6.45, 7) is 0.687. The van der Waals surface area contributed by atoms with E-state index in [4.69, 9.17) is 0 Å². The molecule has 0 saturated carbocycles. The van der Waals surface area contributed by atoms with E-state index in [2.05, 4.69) is 22.1 Å². The number of rotatable bonds is 3. The molecule has 86 valence electrons. The summed E-state index contributed by atoms with van der Waals surface area (Å²) in [5.41, 5.74) is 0. The van der Waals surface area contributed by atoms with Crippen LogP contribution in [0.15, 0.2) is 55.4 Å². The summed E-state index contributed by atoms with van der Waals surface area (Å²) < 4.78 is 5.62. The minimum atomic E-state index is -1.38. The maximum Gasteiger partial charge on any atom is 0.337 e. The van der Waals surface area contributed by atoms with Crippen molar-refractivity contribution in [2.24, 2.45) is 0 Å². The second kappa shape index (κ2) is 3.62. The lowest BCUT2D eigenvalue weighted by molar-refractivity contribution is 0.732. The molecule has 0 saturated heterocycles. The molecule has 0 radical (unpaired) electrons. The van der Waals surface area contributed by atoms with Gasteiger partial charge in [0.1, 0.15) is 0 Å². The van der Waals surface area contributed by atoms with Crippen molar-refractivity contribution >= 4 is 6.55 Å². The highest BCUT2D eigenvalue weighted by Crippen LogP contribution is 2.10. The normalized spacial score (nSPS) is 11.8. The minimum absolute atomic E-state index is 1.38. The van der Waals surface area contributed by atoms with E-state index in [0.29, 0.717) is 0 Å². The average Bonchev–Trinajstić information content (AvgIpc) is 3.10. The predicted octanol–water partition coefficient (Wildman–Crippen LogP) is 0.789. The first kappa shape index (κ1) is 9.89. The van der Waals surface area contributed by atoms with Gasteiger partial charge in [0.2, 0.25) is 0 Å². The van der Waals surface area contributed by atoms with E-state index in [-0.39, 0.29) is 0 Å². The Hall–Kier alpha value is -2.31. The van der Waals surface area contributed by atoms with Crippen molar-refractivity contribution < 1.29 is 0 Å². The Balaban J connectivity index is 2.21. The predicted molar refractivity (Wildman–Crippen MR) is 64.5 cm³/mol. The van der Waals surface area contributed by atoms with Gasteiger partial charge >= 0.3 is 6.55 Å². The van der Waals surface area contributed by atoms with Crippen LogP contribution in [0.25, 0.3) is 0 Å². The van der Waals surface area contributed by atoms with Crippen LogP contribution in [0.3, 0.4) is 0 Å². The largest absolute Gasteiger partial charge is 0.400 e. The zero-order valence-electron chi connectivity index (χ0n) is 9.46. The van der Waals surface area contributed by atoms with Gasteiger partial charge in [-0.3, -0.25) is 0 Å². The second-order valence-corrected chi connectivity index (χ2v) is 4.08. The summed E-state index contributed by atoms with van der Waals surface area (Å²) in [5, 5.41) is 13.0. The zero-order chi connectivity index (χ0) is 11.7. The van der Waals surface area contributed by atoms with Gasteiger partial charge in [-0.05, 0) is 36.8 Å². The summed E-state index contributed by atoms with van der Waals surface area (Å²) in [6, 6.07) is 5.69. The fraction of sp³-hybridized carbons (Fsp3) is 0.100. The molecule has 3 aromatic rings. The van der Waals surface area contributed by atoms with Crippen LogP contribution in [-0.4, -0.2) is 35.6 Å². The maximum absolute atomic E-state index is 4.32. The van der Waals surface area contributed by atoms with Gasteiger partial charge in [-0.2, -0.15) is 0 Å². The van der Waals surface area contributed by atoms with Gasteiger partial charge in [-0.25, -0.2) is 15.3 Å². The summed E-state index contributed by atoms with van der Waals surface area (Å²) in [4.78, 5) is 0. The maximum atomic E-state index is 4.32. The van der Waals surface area contributed by atoms with Crippen molar-refractivity contribution in [3.05, 3.63) is 55.4 Å². The molecule has 0 spiro atoms. The van der Waals surface area contributed by atoms with Crippen LogP contribution >= 0.6 is 0 Å². The van der Waals surface area contributed by atoms with Gasteiger partial charge in [0.25, 0.3) is 0 Å². The summed E-state index contributed by atoms with van der Waals surface area (Å²) >= 11 is 0. The van der Waals surface area contributed by atoms with Crippen LogP contribution in [0, 0.1) is 0 Å². The zero-order valence-corrected chi connectivity index (χ0v) is 9.46. The minimum Gasteiger partial charge on any atom is -0.400 e. The molecule has 0 atom stereocenters. The highest BCUT2D eigenvalue weighted by molar-refractivity contribution is 6.73. The molecule has 0 N–H and O–H groups in total. The van der Waals surface area contributed by atoms with Crippen LogP contribution in [0.5, 0.6) is 0 Å². The Kier molecular flexibility index (Phi) is 2.11. The van der Waals surface area contributed by atoms with E-state index in [9.17, 15) is 0 Å². The lowest BCUT2D eigenvalue weighted by Crippen LogP contribution is -2.56. The third-order valence-corrected chi connectivity index (χ3v) is 3.08. The molecule has 6 nitrogen and oxygen atoms in total. The number of nitrogens with zero attached hydrogens (tertiary/aromatic N) is 6. The lowest BCUT2D eigenvalue weighted by atomic mass is 9.63. The smallest absolute Gasteiger partial charge is 0.337 e. The molecule has 3 heterocycles. The van der Waals surface area contributed by atoms with Crippen LogP contribution in [0.4, 0.5) is 0 Å². The van der Waals surface area contributed by atoms with Gasteiger partial charge in [0.05, 0.1) is 0 Å². The van der Waals surface area contributed by atoms with Crippen LogP contribution in [0.2, 0.25) is 6.82 Å². The quantitative estimate of drug-likeness (QED) is 0.621. The van der Waals surface area contributed by atoms with Gasteiger partial charge in [0.15, 0.2) is 0 Å². The van der Waals surface area contributed by atoms with E-state index in [0.717, 1.165) is 0 Å². The van der Waals surface area contributed by atoms with Crippen molar-refractivity contribution in [1.29, 1.82) is 0 Å². The first-order valence-electron chi connectivity index (χ1n) is 5.50. The average molecular weight is 227 g/mol. The first-order valence-corrected chi connectivity index (χ1v) is 5.50. The molecule has 0 aliphatic rings. The Morgan fingerprint density at radius 1 is 0.706 bits per heavy atom. The molecule has 0 bridgehead atoms. The third-order valence-electron chi connectivity index (χ3n) is 3.08. The summed E-state index contributed by atoms with van der Waals surface area (Å²) in [5.74, 6) is 0. The van der Waals surface area contributed by atoms with Crippen molar-refractivity contribution in [1.82, 2.24) is 29.1 Å². The molecule has 3 rings (SSSR count). The fourth-order valence-electron chi connectivity index (χ4n) is 2.07. The summed E-state index contributed by atoms with van der Waals surface area (Å²) in [6.07, 6.45) is 11.0. The number of hydrogen-bond donors (Lipinski definition) is 0. The van der Waals surface area contributed by atoms with E-state index in [1.165, 1.54) is 0 Å². The van der Waals surface area contributed by atoms with Crippen molar-refractivity contribution in [2.75, 3.05) is 0 Å². The Morgan fingerprint density at radius 2 is 1.06 bits per heavy atom. The Morgan fingerprint density at radius 3 is 1.29 bits per heavy atom. The fourth-order valence-corrected chi connectivity index (χ4v) is 2.07. The standard InChI is InChI=1S/C10H12BN6/c1-11(15-8-2-5-12-15,16-9-3-6-13-16)17-10-4-7-14-17/h2-10H,1H3/q-1. The molecular weight excluding hydrogens is 215 g/mol. The van der Waals surface area contributed by atoms with Crippen LogP contribution < -0.4 is 0 Å². The second-order valence-electron chi connectivity index (χ2n) is 4.08. The number of hydrogen-bond acceptors (Lipinski definition) is 3. The first-order chi connectivity index (χ1) is 8.32. The van der Waals surface area contributed by atoms with Gasteiger partial charge in [-0.15, -0.1) is 6.82 Å². The van der Waals surface area contributed by atoms with Gasteiger partial charge in [0, 0.05) is 18.6 Å². The SMILES string of the molecule is C[B-](n1cccn1)(n1cccn1)n1cccn1. The molecular formula is C10H12BN6-. The van der Waals surface area contributed by atoms with E-state index < -0.39 is 6.55 Å². The lowest BCUT2D eigenvalue weighted by Gasteiger charge is -2.37. The molecule has 0 aliphatic carbocycles. The molecule has 7 heteroatoms. The Bertz CT molecular complexity index is 484. The molecule has 0 amide bonds. The van der Waals surface area contributed by atoms with Crippen molar-refractivity contribution in [2.45, 2.75) is 6.82 Å². The van der Waals surface area contributed by atoms with Crippen LogP contribution in [0.1, 0.15) is 0 Å². The molecule has 0 fully saturated rings. The van der Waals surface area contributed by atoms with E-state index in [1.54, 1.807) is 18.6 Å². The van der Waals surface area contributed by atoms with Gasteiger partial charge < -0.3 is 13.8 Å². The number of aromatic nitrogens is 6. The third kappa shape index (κ3) is 1.39. The van der Waals surface area contributed by atoms with Crippen LogP contribution in [-0.2, 0) is 0 Å². The molecule has 0 aliphatic heterocycles. The van der Waals surface area contributed by atoms with Crippen molar-refractivity contribution in [3.8, 4) is 0 Å². The van der Waals surface area contributed by atoms with Crippen molar-refractivity contribution in [3.63, 3.8) is 0 Å². The summed E-state index contributed by atoms with van der Waals surface area (Å²) in [7, 11) is 0. The van der Waals surface area contributed by atoms with E-state index >= 15 is 0 Å². The molecule has 0 unspecified atom stereocenters. The van der Waals surface area contributed by atoms with E-state index in [1.807, 2.05) is 50.6 Å². The highest BCUT2D eigenvalue weighted by Gasteiger charge is 2.28. The molecule has 3 aromatic heterocycles. The highest BCUT2D eigenvalue weighted by atomic mass is 15.5. The topological polar surface area (TPSA) is 53.5 Å². The monoisotopic (exact) mass is 227 g/mol. The molecule has 17 heavy (non-hydrogen) atoms.